The number of esters is 4. The lowest BCUT2D eigenvalue weighted by Crippen LogP contribution is -2.68. The zero-order chi connectivity index (χ0) is 62.2. The van der Waals surface area contributed by atoms with Crippen LogP contribution in [0.15, 0.2) is 146 Å². The van der Waals surface area contributed by atoms with Gasteiger partial charge in [-0.15, -0.1) is 0 Å². The summed E-state index contributed by atoms with van der Waals surface area (Å²) in [6, 6.07) is 37.6. The van der Waals surface area contributed by atoms with E-state index in [1.165, 1.54) is 24.3 Å². The summed E-state index contributed by atoms with van der Waals surface area (Å²) in [5.41, 5.74) is 2.17. The number of ether oxygens (including phenoxy) is 10. The van der Waals surface area contributed by atoms with Crippen LogP contribution < -0.4 is 10.6 Å². The van der Waals surface area contributed by atoms with Gasteiger partial charge in [-0.1, -0.05) is 121 Å². The van der Waals surface area contributed by atoms with Crippen LogP contribution >= 0.6 is 0 Å². The Balaban J connectivity index is 0.934. The third kappa shape index (κ3) is 13.8. The van der Waals surface area contributed by atoms with Crippen LogP contribution in [0.1, 0.15) is 91.4 Å². The van der Waals surface area contributed by atoms with Crippen molar-refractivity contribution in [3.63, 3.8) is 0 Å². The first-order valence-electron chi connectivity index (χ1n) is 28.0. The fourth-order valence-electron chi connectivity index (χ4n) is 11.0. The summed E-state index contributed by atoms with van der Waals surface area (Å²) in [5.74, 6) is -7.19. The third-order valence-corrected chi connectivity index (χ3v) is 14.8. The molecule has 6 aromatic rings. The lowest BCUT2D eigenvalue weighted by atomic mass is 9.85. The van der Waals surface area contributed by atoms with Crippen LogP contribution in [-0.2, 0) is 93.0 Å². The Morgan fingerprint density at radius 1 is 0.386 bits per heavy atom. The largest absolute Gasteiger partial charge is 0.456 e. The molecule has 4 heterocycles. The molecular formula is C64H60N4O20. The number of imide groups is 2. The van der Waals surface area contributed by atoms with Gasteiger partial charge in [0.1, 0.15) is 37.5 Å². The van der Waals surface area contributed by atoms with Gasteiger partial charge in [-0.2, -0.15) is 0 Å². The molecule has 0 aromatic heterocycles. The van der Waals surface area contributed by atoms with Crippen molar-refractivity contribution in [2.75, 3.05) is 13.1 Å². The Bertz CT molecular complexity index is 3320. The molecule has 10 atom stereocenters. The van der Waals surface area contributed by atoms with Gasteiger partial charge in [-0.05, 0) is 46.5 Å². The first-order chi connectivity index (χ1) is 42.4. The first-order valence-corrected chi connectivity index (χ1v) is 28.0. The monoisotopic (exact) mass is 1200 g/mol. The Morgan fingerprint density at radius 2 is 0.659 bits per heavy atom. The average molecular weight is 1210 g/mol. The van der Waals surface area contributed by atoms with Crippen molar-refractivity contribution < 1.29 is 95.3 Å². The second-order valence-electron chi connectivity index (χ2n) is 21.0. The minimum atomic E-state index is -1.61. The van der Waals surface area contributed by atoms with E-state index in [4.69, 9.17) is 47.4 Å². The Labute approximate surface area is 503 Å². The number of amides is 6. The van der Waals surface area contributed by atoms with Crippen molar-refractivity contribution in [1.82, 2.24) is 20.4 Å². The number of nitrogens with one attached hydrogen (secondary N) is 2. The normalized spacial score (nSPS) is 22.9. The SMILES string of the molecule is CC(=O)O[C@@H]1[C@@H](NC(=O)OCc2ccccc2)[C@@H](OCc2ccccc2)O[C@H](CN2C(=O)c3ccc4c5c(ccc(c35)C2=O)C(=O)N(C[C@H]2O[C@H](OCc3ccccc3)[C@H](NC(=O)OCc3ccccc3)[C@@H](OC(C)=O)[C@@H]2OC(C)=O)C4=O)[C@H]1OC(C)=O. The molecule has 10 rings (SSSR count). The quantitative estimate of drug-likeness (QED) is 0.0486. The van der Waals surface area contributed by atoms with Crippen molar-refractivity contribution in [3.05, 3.63) is 190 Å². The van der Waals surface area contributed by atoms with Crippen LogP contribution in [0.3, 0.4) is 0 Å². The second kappa shape index (κ2) is 27.2. The molecule has 2 saturated heterocycles. The number of alkyl carbamates (subject to hydrolysis) is 2. The number of hydrogen-bond donors (Lipinski definition) is 2. The summed E-state index contributed by atoms with van der Waals surface area (Å²) >= 11 is 0. The minimum Gasteiger partial charge on any atom is -0.456 e. The smallest absolute Gasteiger partial charge is 0.407 e. The van der Waals surface area contributed by atoms with Gasteiger partial charge < -0.3 is 58.0 Å². The first kappa shape index (κ1) is 61.2. The second-order valence-corrected chi connectivity index (χ2v) is 21.0. The van der Waals surface area contributed by atoms with E-state index in [0.717, 1.165) is 37.5 Å². The molecule has 6 amide bonds. The minimum absolute atomic E-state index is 0.0343. The zero-order valence-corrected chi connectivity index (χ0v) is 47.9. The van der Waals surface area contributed by atoms with E-state index in [1.807, 2.05) is 0 Å². The Hall–Kier alpha value is -9.88. The predicted molar refractivity (Wildman–Crippen MR) is 304 cm³/mol. The highest BCUT2D eigenvalue weighted by Crippen LogP contribution is 2.40. The number of carbonyl (C=O) groups is 10. The third-order valence-electron chi connectivity index (χ3n) is 14.8. The van der Waals surface area contributed by atoms with E-state index in [9.17, 15) is 47.9 Å². The highest BCUT2D eigenvalue weighted by Gasteiger charge is 2.55. The highest BCUT2D eigenvalue weighted by atomic mass is 16.7. The van der Waals surface area contributed by atoms with Crippen molar-refractivity contribution >= 4 is 70.5 Å². The lowest BCUT2D eigenvalue weighted by molar-refractivity contribution is -0.274. The molecule has 2 N–H and O–H groups in total. The van der Waals surface area contributed by atoms with E-state index in [0.29, 0.717) is 22.3 Å². The molecule has 4 aliphatic heterocycles. The van der Waals surface area contributed by atoms with Gasteiger partial charge >= 0.3 is 36.1 Å². The number of rotatable bonds is 20. The van der Waals surface area contributed by atoms with Crippen LogP contribution in [0.5, 0.6) is 0 Å². The molecule has 4 aliphatic rings. The summed E-state index contributed by atoms with van der Waals surface area (Å²) in [6.07, 6.45) is -14.4. The van der Waals surface area contributed by atoms with Gasteiger partial charge in [0.25, 0.3) is 23.6 Å². The lowest BCUT2D eigenvalue weighted by Gasteiger charge is -2.46. The maximum atomic E-state index is 14.9. The van der Waals surface area contributed by atoms with E-state index in [-0.39, 0.29) is 59.5 Å². The molecule has 88 heavy (non-hydrogen) atoms. The van der Waals surface area contributed by atoms with Crippen molar-refractivity contribution in [2.45, 2.75) is 115 Å². The summed E-state index contributed by atoms with van der Waals surface area (Å²) in [6.45, 7) is 2.44. The molecule has 0 spiro atoms. The van der Waals surface area contributed by atoms with E-state index < -0.39 is 134 Å². The van der Waals surface area contributed by atoms with Gasteiger partial charge in [-0.3, -0.25) is 48.2 Å². The molecule has 0 bridgehead atoms. The van der Waals surface area contributed by atoms with Gasteiger partial charge in [0.2, 0.25) is 0 Å². The fourth-order valence-corrected chi connectivity index (χ4v) is 11.0. The molecular weight excluding hydrogens is 1140 g/mol. The molecule has 2 fully saturated rings. The van der Waals surface area contributed by atoms with E-state index in [1.54, 1.807) is 121 Å². The Morgan fingerprint density at radius 3 is 0.943 bits per heavy atom. The fraction of sp³-hybridized carbons (Fsp3) is 0.312. The number of benzene rings is 6. The van der Waals surface area contributed by atoms with Gasteiger partial charge in [0.05, 0.1) is 26.3 Å². The van der Waals surface area contributed by atoms with Crippen molar-refractivity contribution in [3.8, 4) is 0 Å². The molecule has 24 nitrogen and oxygen atoms in total. The van der Waals surface area contributed by atoms with Crippen LogP contribution in [0.4, 0.5) is 9.59 Å². The van der Waals surface area contributed by atoms with E-state index >= 15 is 0 Å². The molecule has 0 saturated carbocycles. The van der Waals surface area contributed by atoms with Crippen LogP contribution in [0.2, 0.25) is 0 Å². The Kier molecular flexibility index (Phi) is 18.9. The number of hydrogen-bond acceptors (Lipinski definition) is 20. The summed E-state index contributed by atoms with van der Waals surface area (Å²) < 4.78 is 59.7. The van der Waals surface area contributed by atoms with Crippen LogP contribution in [0, 0.1) is 0 Å². The number of nitrogens with zero attached hydrogens (tertiary/aromatic N) is 2. The summed E-state index contributed by atoms with van der Waals surface area (Å²) in [5, 5.41) is 5.23. The highest BCUT2D eigenvalue weighted by molar-refractivity contribution is 6.33. The van der Waals surface area contributed by atoms with Crippen molar-refractivity contribution in [2.24, 2.45) is 0 Å². The maximum Gasteiger partial charge on any atom is 0.407 e. The standard InChI is InChI=1S/C64H60N4O20/c1-35(69)83-53-47(87-61(79-31-39-17-9-5-10-18-39)51(55(53)85-37(3)71)65-63(77)81-33-41-21-13-7-14-22-41)29-67-57(73)43-25-27-45-50-46(28-26-44(49(43)50)58(67)74)60(76)68(59(45)75)30-48-54(84-36(2)70)56(86-38(4)72)52(62(88-48)80-32-40-19-11-6-12-20-40)66-64(78)82-34-42-23-15-8-16-24-42/h5-28,47-48,51-56,61-62H,29-34H2,1-4H3,(H,65,77)(H,66,78)/t47-,48-,51-,52-,53-,54-,55-,56-,61+,62+/m1/s1. The average Bonchev–Trinajstić information content (AvgIpc) is 0.788. The van der Waals surface area contributed by atoms with Crippen LogP contribution in [0.25, 0.3) is 10.8 Å². The molecule has 0 unspecified atom stereocenters. The van der Waals surface area contributed by atoms with Crippen molar-refractivity contribution in [1.29, 1.82) is 0 Å². The molecule has 0 radical (unpaired) electrons. The van der Waals surface area contributed by atoms with Gasteiger partial charge in [-0.25, -0.2) is 9.59 Å². The van der Waals surface area contributed by atoms with Gasteiger partial charge in [0, 0.05) is 60.7 Å². The molecule has 24 heteroatoms. The molecule has 456 valence electrons. The summed E-state index contributed by atoms with van der Waals surface area (Å²) in [7, 11) is 0. The van der Waals surface area contributed by atoms with Crippen LogP contribution in [-0.4, -0.2) is 144 Å². The van der Waals surface area contributed by atoms with Gasteiger partial charge in [0.15, 0.2) is 37.0 Å². The topological polar surface area (TPSA) is 294 Å². The number of carbonyl (C=O) groups excluding carboxylic acids is 10. The molecule has 0 aliphatic carbocycles. The summed E-state index contributed by atoms with van der Waals surface area (Å²) in [4.78, 5) is 140. The molecule has 6 aromatic carbocycles. The van der Waals surface area contributed by atoms with E-state index in [2.05, 4.69) is 10.6 Å². The maximum absolute atomic E-state index is 14.9. The zero-order valence-electron chi connectivity index (χ0n) is 47.9. The predicted octanol–water partition coefficient (Wildman–Crippen LogP) is 6.23.